The Morgan fingerprint density at radius 2 is 1.90 bits per heavy atom. The fourth-order valence-electron chi connectivity index (χ4n) is 3.77. The zero-order chi connectivity index (χ0) is 21.6. The Balaban J connectivity index is 1.25. The summed E-state index contributed by atoms with van der Waals surface area (Å²) in [6, 6.07) is 14.3. The standard InChI is InChI=1S/C23H27N5O3/c1-18(16-26-12-14-27(15-13-26)21-6-2-4-10-24-21)25-23(30)20-9-8-19(31-20)17-28-11-5-3-7-22(28)29/h2-11,18H,12-17H2,1H3,(H,25,30). The van der Waals surface area contributed by atoms with E-state index in [0.29, 0.717) is 12.3 Å². The number of amides is 1. The monoisotopic (exact) mass is 421 g/mol. The minimum absolute atomic E-state index is 0.0146. The SMILES string of the molecule is CC(CN1CCN(c2ccccn2)CC1)NC(=O)c1ccc(Cn2ccccc2=O)o1. The molecule has 0 aromatic carbocycles. The second-order valence-corrected chi connectivity index (χ2v) is 7.78. The van der Waals surface area contributed by atoms with Gasteiger partial charge in [0.05, 0.1) is 6.54 Å². The first-order valence-electron chi connectivity index (χ1n) is 10.5. The molecule has 31 heavy (non-hydrogen) atoms. The summed E-state index contributed by atoms with van der Waals surface area (Å²) in [4.78, 5) is 33.4. The lowest BCUT2D eigenvalue weighted by Gasteiger charge is -2.36. The van der Waals surface area contributed by atoms with Crippen LogP contribution >= 0.6 is 0 Å². The largest absolute Gasteiger partial charge is 0.454 e. The highest BCUT2D eigenvalue weighted by Gasteiger charge is 2.21. The summed E-state index contributed by atoms with van der Waals surface area (Å²) in [5, 5.41) is 3.01. The molecule has 162 valence electrons. The molecule has 1 fully saturated rings. The van der Waals surface area contributed by atoms with Gasteiger partial charge in [-0.25, -0.2) is 4.98 Å². The van der Waals surface area contributed by atoms with E-state index in [2.05, 4.69) is 20.1 Å². The molecule has 8 nitrogen and oxygen atoms in total. The predicted octanol–water partition coefficient (Wildman–Crippen LogP) is 1.83. The molecule has 1 amide bonds. The van der Waals surface area contributed by atoms with Crippen molar-refractivity contribution in [2.45, 2.75) is 19.5 Å². The zero-order valence-corrected chi connectivity index (χ0v) is 17.6. The Kier molecular flexibility index (Phi) is 6.47. The molecule has 4 heterocycles. The summed E-state index contributed by atoms with van der Waals surface area (Å²) in [5.74, 6) is 1.59. The summed E-state index contributed by atoms with van der Waals surface area (Å²) in [7, 11) is 0. The molecule has 0 bridgehead atoms. The minimum atomic E-state index is -0.244. The lowest BCUT2D eigenvalue weighted by atomic mass is 10.2. The number of carbonyl (C=O) groups is 1. The van der Waals surface area contributed by atoms with E-state index in [-0.39, 0.29) is 23.3 Å². The first-order valence-corrected chi connectivity index (χ1v) is 10.5. The highest BCUT2D eigenvalue weighted by atomic mass is 16.4. The number of nitrogens with one attached hydrogen (secondary N) is 1. The summed E-state index contributed by atoms with van der Waals surface area (Å²) >= 11 is 0. The van der Waals surface area contributed by atoms with Gasteiger partial charge in [0.25, 0.3) is 11.5 Å². The fraction of sp³-hybridized carbons (Fsp3) is 0.348. The van der Waals surface area contributed by atoms with Crippen LogP contribution in [0.15, 0.2) is 70.1 Å². The molecule has 0 spiro atoms. The Morgan fingerprint density at radius 1 is 1.10 bits per heavy atom. The predicted molar refractivity (Wildman–Crippen MR) is 118 cm³/mol. The second-order valence-electron chi connectivity index (χ2n) is 7.78. The molecule has 3 aromatic rings. The van der Waals surface area contributed by atoms with E-state index in [0.717, 1.165) is 38.5 Å². The van der Waals surface area contributed by atoms with E-state index in [1.165, 1.54) is 10.6 Å². The number of aromatic nitrogens is 2. The number of piperazine rings is 1. The molecule has 1 aliphatic rings. The molecular weight excluding hydrogens is 394 g/mol. The molecule has 4 rings (SSSR count). The number of hydrogen-bond donors (Lipinski definition) is 1. The Bertz CT molecular complexity index is 1050. The van der Waals surface area contributed by atoms with Gasteiger partial charge in [0.15, 0.2) is 5.76 Å². The normalized spacial score (nSPS) is 15.6. The molecule has 1 atom stereocenters. The third-order valence-corrected chi connectivity index (χ3v) is 5.37. The molecule has 1 saturated heterocycles. The Labute approximate surface area is 181 Å². The Hall–Kier alpha value is -3.39. The van der Waals surface area contributed by atoms with Gasteiger partial charge in [0, 0.05) is 57.2 Å². The number of furan rings is 1. The van der Waals surface area contributed by atoms with E-state index < -0.39 is 0 Å². The number of hydrogen-bond acceptors (Lipinski definition) is 6. The maximum absolute atomic E-state index is 12.6. The molecule has 8 heteroatoms. The highest BCUT2D eigenvalue weighted by molar-refractivity contribution is 5.91. The van der Waals surface area contributed by atoms with Crippen LogP contribution < -0.4 is 15.8 Å². The van der Waals surface area contributed by atoms with Gasteiger partial charge in [0.1, 0.15) is 11.6 Å². The van der Waals surface area contributed by atoms with Gasteiger partial charge < -0.3 is 19.2 Å². The smallest absolute Gasteiger partial charge is 0.287 e. The molecular formula is C23H27N5O3. The van der Waals surface area contributed by atoms with E-state index in [1.807, 2.05) is 31.3 Å². The van der Waals surface area contributed by atoms with Gasteiger partial charge in [0.2, 0.25) is 0 Å². The zero-order valence-electron chi connectivity index (χ0n) is 17.6. The van der Waals surface area contributed by atoms with E-state index >= 15 is 0 Å². The second kappa shape index (κ2) is 9.61. The van der Waals surface area contributed by atoms with Crippen LogP contribution in [-0.4, -0.2) is 59.1 Å². The van der Waals surface area contributed by atoms with Crippen LogP contribution in [0.4, 0.5) is 5.82 Å². The molecule has 3 aromatic heterocycles. The van der Waals surface area contributed by atoms with Crippen LogP contribution in [0, 0.1) is 0 Å². The van der Waals surface area contributed by atoms with Crippen molar-refractivity contribution in [1.82, 2.24) is 19.8 Å². The third kappa shape index (κ3) is 5.40. The van der Waals surface area contributed by atoms with Gasteiger partial charge >= 0.3 is 0 Å². The average molecular weight is 422 g/mol. The first kappa shape index (κ1) is 20.9. The van der Waals surface area contributed by atoms with E-state index in [1.54, 1.807) is 30.5 Å². The van der Waals surface area contributed by atoms with Crippen molar-refractivity contribution in [2.75, 3.05) is 37.6 Å². The number of anilines is 1. The van der Waals surface area contributed by atoms with Gasteiger partial charge in [-0.1, -0.05) is 12.1 Å². The number of rotatable bonds is 7. The highest BCUT2D eigenvalue weighted by Crippen LogP contribution is 2.13. The summed E-state index contributed by atoms with van der Waals surface area (Å²) in [5.41, 5.74) is -0.110. The number of nitrogens with zero attached hydrogens (tertiary/aromatic N) is 4. The lowest BCUT2D eigenvalue weighted by molar-refractivity contribution is 0.0898. The van der Waals surface area contributed by atoms with Gasteiger partial charge in [-0.05, 0) is 37.3 Å². The van der Waals surface area contributed by atoms with Crippen molar-refractivity contribution < 1.29 is 9.21 Å². The molecule has 1 aliphatic heterocycles. The topological polar surface area (TPSA) is 83.6 Å². The van der Waals surface area contributed by atoms with Crippen molar-refractivity contribution >= 4 is 11.7 Å². The maximum atomic E-state index is 12.6. The molecule has 0 aliphatic carbocycles. The van der Waals surface area contributed by atoms with E-state index in [4.69, 9.17) is 4.42 Å². The number of pyridine rings is 2. The third-order valence-electron chi connectivity index (χ3n) is 5.37. The quantitative estimate of drug-likeness (QED) is 0.627. The maximum Gasteiger partial charge on any atom is 0.287 e. The molecule has 0 saturated carbocycles. The summed E-state index contributed by atoms with van der Waals surface area (Å²) < 4.78 is 7.19. The van der Waals surface area contributed by atoms with Crippen molar-refractivity contribution in [2.24, 2.45) is 0 Å². The minimum Gasteiger partial charge on any atom is -0.454 e. The van der Waals surface area contributed by atoms with Crippen LogP contribution in [0.2, 0.25) is 0 Å². The summed E-state index contributed by atoms with van der Waals surface area (Å²) in [6.07, 6.45) is 3.51. The first-order chi connectivity index (χ1) is 15.1. The average Bonchev–Trinajstić information content (AvgIpc) is 3.25. The fourth-order valence-corrected chi connectivity index (χ4v) is 3.77. The van der Waals surface area contributed by atoms with Gasteiger partial charge in [-0.3, -0.25) is 14.5 Å². The van der Waals surface area contributed by atoms with Crippen molar-refractivity contribution in [3.8, 4) is 0 Å². The van der Waals surface area contributed by atoms with Crippen LogP contribution in [0.1, 0.15) is 23.2 Å². The van der Waals surface area contributed by atoms with Crippen molar-refractivity contribution in [3.63, 3.8) is 0 Å². The van der Waals surface area contributed by atoms with Crippen molar-refractivity contribution in [1.29, 1.82) is 0 Å². The van der Waals surface area contributed by atoms with Crippen LogP contribution in [0.3, 0.4) is 0 Å². The number of carbonyl (C=O) groups excluding carboxylic acids is 1. The van der Waals surface area contributed by atoms with Crippen LogP contribution in [-0.2, 0) is 6.54 Å². The molecule has 1 N–H and O–H groups in total. The van der Waals surface area contributed by atoms with Crippen LogP contribution in [0.25, 0.3) is 0 Å². The van der Waals surface area contributed by atoms with Gasteiger partial charge in [-0.15, -0.1) is 0 Å². The van der Waals surface area contributed by atoms with Crippen LogP contribution in [0.5, 0.6) is 0 Å². The van der Waals surface area contributed by atoms with Gasteiger partial charge in [-0.2, -0.15) is 0 Å². The van der Waals surface area contributed by atoms with E-state index in [9.17, 15) is 9.59 Å². The molecule has 0 radical (unpaired) electrons. The lowest BCUT2D eigenvalue weighted by Crippen LogP contribution is -2.51. The summed E-state index contributed by atoms with van der Waals surface area (Å²) in [6.45, 7) is 6.74. The van der Waals surface area contributed by atoms with Crippen molar-refractivity contribution in [3.05, 3.63) is 82.8 Å². The Morgan fingerprint density at radius 3 is 2.65 bits per heavy atom. The molecule has 1 unspecified atom stereocenters.